The van der Waals surface area contributed by atoms with Gasteiger partial charge in [-0.15, -0.1) is 11.3 Å². The molecule has 10 nitrogen and oxygen atoms in total. The number of aromatic nitrogens is 1. The van der Waals surface area contributed by atoms with Crippen LogP contribution in [0.25, 0.3) is 0 Å². The van der Waals surface area contributed by atoms with E-state index in [0.29, 0.717) is 40.7 Å². The lowest BCUT2D eigenvalue weighted by Crippen LogP contribution is -2.56. The lowest BCUT2D eigenvalue weighted by atomic mass is 9.81. The molecule has 0 spiro atoms. The van der Waals surface area contributed by atoms with Gasteiger partial charge in [-0.1, -0.05) is 23.8 Å². The highest BCUT2D eigenvalue weighted by atomic mass is 35.5. The van der Waals surface area contributed by atoms with Gasteiger partial charge in [0.25, 0.3) is 11.8 Å². The predicted octanol–water partition coefficient (Wildman–Crippen LogP) is 2.28. The van der Waals surface area contributed by atoms with Gasteiger partial charge in [-0.05, 0) is 44.5 Å². The zero-order chi connectivity index (χ0) is 27.6. The van der Waals surface area contributed by atoms with Crippen molar-refractivity contribution in [1.29, 1.82) is 0 Å². The van der Waals surface area contributed by atoms with E-state index in [9.17, 15) is 14.4 Å². The van der Waals surface area contributed by atoms with Crippen molar-refractivity contribution < 1.29 is 14.4 Å². The second kappa shape index (κ2) is 11.9. The molecule has 1 aliphatic heterocycles. The summed E-state index contributed by atoms with van der Waals surface area (Å²) < 4.78 is 0. The van der Waals surface area contributed by atoms with Crippen LogP contribution in [0.15, 0.2) is 18.2 Å². The Hall–Kier alpha value is -2.80. The molecule has 1 saturated carbocycles. The van der Waals surface area contributed by atoms with Gasteiger partial charge in [0.2, 0.25) is 5.91 Å². The van der Waals surface area contributed by atoms with Crippen molar-refractivity contribution in [2.45, 2.75) is 44.3 Å². The zero-order valence-corrected chi connectivity index (χ0v) is 23.9. The maximum atomic E-state index is 13.3. The number of thiazole rings is 1. The Balaban J connectivity index is 1.46. The standard InChI is InChI=1S/C25H32ClN7O3S2/c1-32(2)25(36)13-4-7-17(30-23(37)21(34)28-14-5-6-15(26)16(27)11-14)19(10-13)29-22(35)24-31-18-8-9-33(3)12-20(18)38-24/h5-6,11,13,17,19H,4,7-10,12,27H2,1-3H3,(H,28,34)(H,29,35)(H,30,37)/t13-,17-,19+/m0/s1. The van der Waals surface area contributed by atoms with Crippen molar-refractivity contribution in [3.05, 3.63) is 38.8 Å². The van der Waals surface area contributed by atoms with Crippen LogP contribution in [-0.4, -0.2) is 77.3 Å². The number of rotatable bonds is 5. The predicted molar refractivity (Wildman–Crippen MR) is 153 cm³/mol. The number of hydrogen-bond donors (Lipinski definition) is 4. The van der Waals surface area contributed by atoms with Crippen LogP contribution in [-0.2, 0) is 22.6 Å². The Morgan fingerprint density at radius 2 is 1.97 bits per heavy atom. The third-order valence-electron chi connectivity index (χ3n) is 6.85. The normalized spacial score (nSPS) is 21.2. The van der Waals surface area contributed by atoms with E-state index in [2.05, 4.69) is 25.8 Å². The van der Waals surface area contributed by atoms with Crippen molar-refractivity contribution >= 4 is 69.2 Å². The molecule has 1 fully saturated rings. The zero-order valence-electron chi connectivity index (χ0n) is 21.5. The highest BCUT2D eigenvalue weighted by Gasteiger charge is 2.37. The maximum Gasteiger partial charge on any atom is 0.283 e. The minimum absolute atomic E-state index is 0.0103. The van der Waals surface area contributed by atoms with Crippen LogP contribution in [0.4, 0.5) is 11.4 Å². The van der Waals surface area contributed by atoms with Gasteiger partial charge in [0.1, 0.15) is 0 Å². The fraction of sp³-hybridized carbons (Fsp3) is 0.480. The number of carbonyl (C=O) groups excluding carboxylic acids is 3. The highest BCUT2D eigenvalue weighted by Crippen LogP contribution is 2.29. The van der Waals surface area contributed by atoms with Gasteiger partial charge < -0.3 is 31.5 Å². The summed E-state index contributed by atoms with van der Waals surface area (Å²) >= 11 is 12.7. The molecule has 204 valence electrons. The minimum Gasteiger partial charge on any atom is -0.397 e. The van der Waals surface area contributed by atoms with Gasteiger partial charge in [0.15, 0.2) is 10.00 Å². The number of likely N-dealkylation sites (N-methyl/N-ethyl adjacent to an activating group) is 1. The first-order valence-corrected chi connectivity index (χ1v) is 14.0. The molecular formula is C25H32ClN7O3S2. The molecule has 5 N–H and O–H groups in total. The van der Waals surface area contributed by atoms with E-state index < -0.39 is 11.9 Å². The Morgan fingerprint density at radius 3 is 2.68 bits per heavy atom. The Bertz CT molecular complexity index is 1250. The molecule has 3 amide bonds. The molecule has 1 aromatic heterocycles. The first kappa shape index (κ1) is 28.2. The Labute approximate surface area is 236 Å². The lowest BCUT2D eigenvalue weighted by Gasteiger charge is -2.37. The Morgan fingerprint density at radius 1 is 1.21 bits per heavy atom. The second-order valence-corrected chi connectivity index (χ2v) is 11.9. The van der Waals surface area contributed by atoms with E-state index in [1.54, 1.807) is 37.2 Å². The molecule has 3 atom stereocenters. The molecule has 0 saturated heterocycles. The molecule has 38 heavy (non-hydrogen) atoms. The van der Waals surface area contributed by atoms with Crippen molar-refractivity contribution in [3.63, 3.8) is 0 Å². The number of amides is 3. The van der Waals surface area contributed by atoms with Crippen molar-refractivity contribution in [2.75, 3.05) is 38.7 Å². The summed E-state index contributed by atoms with van der Waals surface area (Å²) in [5, 5.41) is 9.70. The number of benzene rings is 1. The molecule has 1 aromatic carbocycles. The summed E-state index contributed by atoms with van der Waals surface area (Å²) in [5.74, 6) is -1.02. The molecule has 0 unspecified atom stereocenters. The average molecular weight is 578 g/mol. The fourth-order valence-electron chi connectivity index (χ4n) is 4.79. The first-order valence-electron chi connectivity index (χ1n) is 12.4. The molecular weight excluding hydrogens is 546 g/mol. The van der Waals surface area contributed by atoms with Crippen LogP contribution in [0.2, 0.25) is 5.02 Å². The van der Waals surface area contributed by atoms with E-state index in [0.717, 1.165) is 30.1 Å². The van der Waals surface area contributed by atoms with Gasteiger partial charge in [-0.25, -0.2) is 4.98 Å². The van der Waals surface area contributed by atoms with Crippen LogP contribution in [0.3, 0.4) is 0 Å². The summed E-state index contributed by atoms with van der Waals surface area (Å²) in [5.41, 5.74) is 7.59. The number of thiocarbonyl (C=S) groups is 1. The van der Waals surface area contributed by atoms with Crippen molar-refractivity contribution in [2.24, 2.45) is 5.92 Å². The van der Waals surface area contributed by atoms with E-state index in [1.807, 2.05) is 7.05 Å². The SMILES string of the molecule is CN1CCc2nc(C(=O)N[C@@H]3C[C@@H](C(=O)N(C)C)CC[C@@H]3NC(=S)C(=O)Nc3ccc(Cl)c(N)c3)sc2C1. The molecule has 0 bridgehead atoms. The number of nitrogens with zero attached hydrogens (tertiary/aromatic N) is 3. The van der Waals surface area contributed by atoms with Gasteiger partial charge in [-0.3, -0.25) is 14.4 Å². The summed E-state index contributed by atoms with van der Waals surface area (Å²) in [6, 6.07) is 4.01. The highest BCUT2D eigenvalue weighted by molar-refractivity contribution is 7.82. The number of hydrogen-bond acceptors (Lipinski definition) is 8. The number of anilines is 2. The van der Waals surface area contributed by atoms with Gasteiger partial charge in [0, 0.05) is 56.1 Å². The lowest BCUT2D eigenvalue weighted by molar-refractivity contribution is -0.134. The third kappa shape index (κ3) is 6.60. The smallest absolute Gasteiger partial charge is 0.283 e. The molecule has 0 radical (unpaired) electrons. The van der Waals surface area contributed by atoms with Gasteiger partial charge >= 0.3 is 0 Å². The molecule has 2 heterocycles. The number of fused-ring (bicyclic) bond motifs is 1. The van der Waals surface area contributed by atoms with Gasteiger partial charge in [-0.2, -0.15) is 0 Å². The summed E-state index contributed by atoms with van der Waals surface area (Å²) in [4.78, 5) is 48.2. The molecule has 2 aromatic rings. The van der Waals surface area contributed by atoms with E-state index in [-0.39, 0.29) is 28.8 Å². The van der Waals surface area contributed by atoms with Crippen LogP contribution in [0.5, 0.6) is 0 Å². The number of nitrogen functional groups attached to an aromatic ring is 1. The summed E-state index contributed by atoms with van der Waals surface area (Å²) in [7, 11) is 5.49. The van der Waals surface area contributed by atoms with E-state index in [4.69, 9.17) is 29.6 Å². The van der Waals surface area contributed by atoms with Crippen molar-refractivity contribution in [1.82, 2.24) is 25.4 Å². The molecule has 1 aliphatic carbocycles. The number of halogens is 1. The van der Waals surface area contributed by atoms with Crippen LogP contribution in [0.1, 0.15) is 39.6 Å². The minimum atomic E-state index is -0.505. The fourth-order valence-corrected chi connectivity index (χ4v) is 6.20. The largest absolute Gasteiger partial charge is 0.397 e. The maximum absolute atomic E-state index is 13.3. The number of carbonyl (C=O) groups is 3. The topological polar surface area (TPSA) is 133 Å². The van der Waals surface area contributed by atoms with E-state index >= 15 is 0 Å². The third-order valence-corrected chi connectivity index (χ3v) is 8.58. The van der Waals surface area contributed by atoms with E-state index in [1.165, 1.54) is 11.3 Å². The Kier molecular flexibility index (Phi) is 8.86. The molecule has 13 heteroatoms. The number of nitrogens with two attached hydrogens (primary N) is 1. The summed E-state index contributed by atoms with van der Waals surface area (Å²) in [6.45, 7) is 1.68. The first-order chi connectivity index (χ1) is 18.0. The average Bonchev–Trinajstić information content (AvgIpc) is 3.30. The van der Waals surface area contributed by atoms with Crippen LogP contribution in [0, 0.1) is 5.92 Å². The second-order valence-electron chi connectivity index (χ2n) is 9.97. The summed E-state index contributed by atoms with van der Waals surface area (Å²) in [6.07, 6.45) is 2.39. The van der Waals surface area contributed by atoms with Gasteiger partial charge in [0.05, 0.1) is 22.4 Å². The van der Waals surface area contributed by atoms with Crippen LogP contribution < -0.4 is 21.7 Å². The quantitative estimate of drug-likeness (QED) is 0.314. The molecule has 4 rings (SSSR count). The monoisotopic (exact) mass is 577 g/mol. The number of nitrogens with one attached hydrogen (secondary N) is 3. The van der Waals surface area contributed by atoms with Crippen LogP contribution >= 0.6 is 35.2 Å². The molecule has 2 aliphatic rings. The van der Waals surface area contributed by atoms with Crippen molar-refractivity contribution in [3.8, 4) is 0 Å².